The summed E-state index contributed by atoms with van der Waals surface area (Å²) in [5.74, 6) is 0. The fourth-order valence-electron chi connectivity index (χ4n) is 11.9. The molecule has 2 aromatic heterocycles. The Balaban J connectivity index is 0.830. The average Bonchev–Trinajstić information content (AvgIpc) is 4.04. The Morgan fingerprint density at radius 2 is 0.519 bits per heavy atom. The van der Waals surface area contributed by atoms with Crippen LogP contribution < -0.4 is 20.2 Å². The molecule has 12 aromatic carbocycles. The second-order valence-corrected chi connectivity index (χ2v) is 25.4. The van der Waals surface area contributed by atoms with Gasteiger partial charge in [0.05, 0.1) is 22.1 Å². The Morgan fingerprint density at radius 1 is 0.241 bits per heavy atom. The quantitative estimate of drug-likeness (QED) is 0.113. The Labute approximate surface area is 462 Å². The van der Waals surface area contributed by atoms with Crippen molar-refractivity contribution in [1.29, 1.82) is 0 Å². The van der Waals surface area contributed by atoms with Gasteiger partial charge in [0.15, 0.2) is 0 Å². The smallest absolute Gasteiger partial charge is 0.112 e. The van der Waals surface area contributed by atoms with Crippen molar-refractivity contribution in [2.45, 2.75) is 13.1 Å². The van der Waals surface area contributed by atoms with Crippen LogP contribution in [-0.4, -0.2) is 17.2 Å². The van der Waals surface area contributed by atoms with Crippen molar-refractivity contribution in [3.8, 4) is 33.6 Å². The molecule has 0 radical (unpaired) electrons. The van der Waals surface area contributed by atoms with Gasteiger partial charge in [-0.05, 0) is 144 Å². The summed E-state index contributed by atoms with van der Waals surface area (Å²) < 4.78 is 4.77. The third-order valence-electron chi connectivity index (χ3n) is 16.0. The lowest BCUT2D eigenvalue weighted by atomic mass is 10.0. The molecule has 0 saturated heterocycles. The van der Waals surface area contributed by atoms with E-state index >= 15 is 0 Å². The molecular weight excluding hydrogens is 973 g/mol. The molecule has 4 nitrogen and oxygen atoms in total. The molecule has 14 aromatic rings. The van der Waals surface area contributed by atoms with Gasteiger partial charge in [-0.1, -0.05) is 205 Å². The monoisotopic (exact) mass is 1030 g/mol. The van der Waals surface area contributed by atoms with Crippen LogP contribution >= 0.6 is 0 Å². The van der Waals surface area contributed by atoms with Gasteiger partial charge in [-0.15, -0.1) is 0 Å². The van der Waals surface area contributed by atoms with Gasteiger partial charge in [-0.3, -0.25) is 0 Å². The van der Waals surface area contributed by atoms with Crippen molar-refractivity contribution in [2.24, 2.45) is 0 Å². The number of nitrogens with zero attached hydrogens (tertiary/aromatic N) is 4. The SMILES string of the molecule is C[Si](C)(c1ccc(N(c2ccc(-c3ccccc3)cc2)c2ccc3c(c2)c2ccccc2n3-c2ccccc2)cc1)c1ccc(N(c2ccc(-c3ccccc3)cc2)c2ccc3c(c2)c2ccccc2n3-c2ccccc2)cc1. The maximum atomic E-state index is 2.48. The summed E-state index contributed by atoms with van der Waals surface area (Å²) in [5.41, 5.74) is 18.5. The molecule has 0 unspecified atom stereocenters. The maximum Gasteiger partial charge on any atom is 0.112 e. The fraction of sp³-hybridized carbons (Fsp3) is 0.0270. The normalized spacial score (nSPS) is 11.7. The molecule has 0 bridgehead atoms. The van der Waals surface area contributed by atoms with Gasteiger partial charge in [0.25, 0.3) is 0 Å². The summed E-state index contributed by atoms with van der Waals surface area (Å²) in [7, 11) is -2.21. The first kappa shape index (κ1) is 47.5. The van der Waals surface area contributed by atoms with E-state index in [1.165, 1.54) is 76.2 Å². The summed E-state index contributed by atoms with van der Waals surface area (Å²) in [6.07, 6.45) is 0. The highest BCUT2D eigenvalue weighted by molar-refractivity contribution is 7.00. The largest absolute Gasteiger partial charge is 0.310 e. The van der Waals surface area contributed by atoms with Crippen LogP contribution in [0.15, 0.2) is 303 Å². The number of hydrogen-bond donors (Lipinski definition) is 0. The van der Waals surface area contributed by atoms with E-state index < -0.39 is 8.07 Å². The standard InChI is InChI=1S/C74H56N4Si/c1-79(2,65-45-39-61(40-46-65)75(59-35-31-55(32-36-59)53-19-7-3-8-20-53)63-43-49-73-69(51-63)67-27-15-17-29-71(67)77(73)57-23-11-5-12-24-57)66-47-41-62(42-48-66)76(60-37-33-56(34-38-60)54-21-9-4-10-22-54)64-44-50-74-70(52-64)68-28-16-18-30-72(68)78(74)58-25-13-6-14-26-58/h3-52H,1-2H3. The van der Waals surface area contributed by atoms with Gasteiger partial charge in [0.2, 0.25) is 0 Å². The van der Waals surface area contributed by atoms with Gasteiger partial charge in [-0.25, -0.2) is 0 Å². The molecule has 0 amide bonds. The Kier molecular flexibility index (Phi) is 12.0. The first-order chi connectivity index (χ1) is 38.9. The van der Waals surface area contributed by atoms with Crippen LogP contribution in [-0.2, 0) is 0 Å². The van der Waals surface area contributed by atoms with Crippen LogP contribution in [0.4, 0.5) is 34.1 Å². The molecule has 5 heteroatoms. The molecule has 79 heavy (non-hydrogen) atoms. The highest BCUT2D eigenvalue weighted by Crippen LogP contribution is 2.42. The van der Waals surface area contributed by atoms with Crippen molar-refractivity contribution in [1.82, 2.24) is 9.13 Å². The molecule has 0 atom stereocenters. The van der Waals surface area contributed by atoms with Crippen LogP contribution in [0.3, 0.4) is 0 Å². The molecule has 2 heterocycles. The molecule has 0 spiro atoms. The predicted octanol–water partition coefficient (Wildman–Crippen LogP) is 19.0. The lowest BCUT2D eigenvalue weighted by molar-refractivity contribution is 1.18. The van der Waals surface area contributed by atoms with Crippen LogP contribution in [0.1, 0.15) is 0 Å². The van der Waals surface area contributed by atoms with Gasteiger partial charge >= 0.3 is 0 Å². The maximum absolute atomic E-state index is 2.48. The zero-order valence-corrected chi connectivity index (χ0v) is 45.2. The minimum absolute atomic E-state index is 1.10. The van der Waals surface area contributed by atoms with Crippen LogP contribution in [0, 0.1) is 0 Å². The summed E-state index contributed by atoms with van der Waals surface area (Å²) >= 11 is 0. The number of aromatic nitrogens is 2. The Bertz CT molecular complexity index is 4170. The van der Waals surface area contributed by atoms with E-state index in [9.17, 15) is 0 Å². The summed E-state index contributed by atoms with van der Waals surface area (Å²) in [5, 5.41) is 7.64. The van der Waals surface area contributed by atoms with Crippen molar-refractivity contribution in [2.75, 3.05) is 9.80 Å². The molecule has 0 aliphatic heterocycles. The number of para-hydroxylation sites is 4. The fourth-order valence-corrected chi connectivity index (χ4v) is 14.2. The number of anilines is 6. The highest BCUT2D eigenvalue weighted by Gasteiger charge is 2.28. The summed E-state index contributed by atoms with van der Waals surface area (Å²) in [6.45, 7) is 4.95. The molecule has 0 aliphatic carbocycles. The zero-order valence-electron chi connectivity index (χ0n) is 44.2. The van der Waals surface area contributed by atoms with Crippen LogP contribution in [0.5, 0.6) is 0 Å². The number of hydrogen-bond acceptors (Lipinski definition) is 2. The molecule has 0 aliphatic rings. The lowest BCUT2D eigenvalue weighted by Gasteiger charge is -2.29. The van der Waals surface area contributed by atoms with Gasteiger partial charge in [0.1, 0.15) is 8.07 Å². The van der Waals surface area contributed by atoms with E-state index in [-0.39, 0.29) is 0 Å². The van der Waals surface area contributed by atoms with E-state index in [1.807, 2.05) is 0 Å². The van der Waals surface area contributed by atoms with E-state index in [2.05, 4.69) is 335 Å². The van der Waals surface area contributed by atoms with Crippen molar-refractivity contribution >= 4 is 96.2 Å². The zero-order chi connectivity index (χ0) is 52.9. The molecular formula is C74H56N4Si. The average molecular weight is 1030 g/mol. The third-order valence-corrected chi connectivity index (χ3v) is 19.6. The minimum atomic E-state index is -2.21. The van der Waals surface area contributed by atoms with Crippen LogP contribution in [0.25, 0.3) is 77.2 Å². The molecule has 14 rings (SSSR count). The first-order valence-electron chi connectivity index (χ1n) is 27.2. The molecule has 0 saturated carbocycles. The number of benzene rings is 12. The highest BCUT2D eigenvalue weighted by atomic mass is 28.3. The van der Waals surface area contributed by atoms with E-state index in [0.717, 1.165) is 45.5 Å². The second-order valence-electron chi connectivity index (χ2n) is 21.0. The first-order valence-corrected chi connectivity index (χ1v) is 30.2. The summed E-state index contributed by atoms with van der Waals surface area (Å²) in [4.78, 5) is 4.82. The molecule has 376 valence electrons. The second kappa shape index (κ2) is 19.9. The van der Waals surface area contributed by atoms with Crippen molar-refractivity contribution in [3.63, 3.8) is 0 Å². The Hall–Kier alpha value is -9.94. The van der Waals surface area contributed by atoms with Gasteiger partial charge in [0, 0.05) is 67.0 Å². The summed E-state index contributed by atoms with van der Waals surface area (Å²) in [6, 6.07) is 111. The number of fused-ring (bicyclic) bond motifs is 6. The molecule has 0 N–H and O–H groups in total. The lowest BCUT2D eigenvalue weighted by Crippen LogP contribution is -2.52. The predicted molar refractivity (Wildman–Crippen MR) is 339 cm³/mol. The van der Waals surface area contributed by atoms with E-state index in [0.29, 0.717) is 0 Å². The topological polar surface area (TPSA) is 16.3 Å². The van der Waals surface area contributed by atoms with Crippen LogP contribution in [0.2, 0.25) is 13.1 Å². The number of rotatable bonds is 12. The van der Waals surface area contributed by atoms with Gasteiger partial charge in [-0.2, -0.15) is 0 Å². The Morgan fingerprint density at radius 3 is 0.886 bits per heavy atom. The minimum Gasteiger partial charge on any atom is -0.310 e. The van der Waals surface area contributed by atoms with Crippen molar-refractivity contribution < 1.29 is 0 Å². The third kappa shape index (κ3) is 8.58. The van der Waals surface area contributed by atoms with Crippen molar-refractivity contribution in [3.05, 3.63) is 303 Å². The van der Waals surface area contributed by atoms with Gasteiger partial charge < -0.3 is 18.9 Å². The molecule has 0 fully saturated rings. The van der Waals surface area contributed by atoms with E-state index in [4.69, 9.17) is 0 Å². The van der Waals surface area contributed by atoms with E-state index in [1.54, 1.807) is 0 Å².